The summed E-state index contributed by atoms with van der Waals surface area (Å²) in [6.45, 7) is 7.60. The molecule has 0 aliphatic rings. The van der Waals surface area contributed by atoms with Crippen molar-refractivity contribution >= 4 is 11.9 Å². The highest BCUT2D eigenvalue weighted by molar-refractivity contribution is 5.85. The van der Waals surface area contributed by atoms with Gasteiger partial charge < -0.3 is 15.8 Å². The summed E-state index contributed by atoms with van der Waals surface area (Å²) in [5.74, 6) is -0.742. The van der Waals surface area contributed by atoms with Crippen LogP contribution in [0.3, 0.4) is 0 Å². The number of hydrogen-bond acceptors (Lipinski definition) is 4. The highest BCUT2D eigenvalue weighted by atomic mass is 16.5. The van der Waals surface area contributed by atoms with Crippen LogP contribution in [0.2, 0.25) is 0 Å². The molecule has 5 nitrogen and oxygen atoms in total. The average Bonchev–Trinajstić information content (AvgIpc) is 1.98. The van der Waals surface area contributed by atoms with Crippen molar-refractivity contribution in [3.8, 4) is 0 Å². The number of amides is 1. The minimum Gasteiger partial charge on any atom is -0.463 e. The third-order valence-electron chi connectivity index (χ3n) is 1.47. The summed E-state index contributed by atoms with van der Waals surface area (Å²) in [6.07, 6.45) is 1.13. The molecule has 3 N–H and O–H groups in total. The number of nitrogens with one attached hydrogen (secondary N) is 1. The highest BCUT2D eigenvalue weighted by Gasteiger charge is 2.14. The average molecular weight is 228 g/mol. The van der Waals surface area contributed by atoms with Gasteiger partial charge in [-0.25, -0.2) is 4.79 Å². The molecule has 0 atom stereocenters. The monoisotopic (exact) mass is 228 g/mol. The van der Waals surface area contributed by atoms with Crippen molar-refractivity contribution in [2.24, 2.45) is 5.73 Å². The summed E-state index contributed by atoms with van der Waals surface area (Å²) in [4.78, 5) is 22.4. The van der Waals surface area contributed by atoms with E-state index in [1.807, 2.05) is 20.8 Å². The van der Waals surface area contributed by atoms with Crippen LogP contribution < -0.4 is 11.1 Å². The number of carbonyl (C=O) groups is 2. The third-order valence-corrected chi connectivity index (χ3v) is 1.47. The first kappa shape index (κ1) is 14.5. The molecule has 0 saturated carbocycles. The fraction of sp³-hybridized carbons (Fsp3) is 0.636. The van der Waals surface area contributed by atoms with Gasteiger partial charge in [0.05, 0.1) is 13.0 Å². The van der Waals surface area contributed by atoms with Crippen molar-refractivity contribution in [3.63, 3.8) is 0 Å². The Labute approximate surface area is 96.0 Å². The van der Waals surface area contributed by atoms with Gasteiger partial charge >= 0.3 is 5.97 Å². The normalized spacial score (nSPS) is 12.1. The van der Waals surface area contributed by atoms with Crippen molar-refractivity contribution in [2.75, 3.05) is 6.61 Å². The van der Waals surface area contributed by atoms with Gasteiger partial charge in [0, 0.05) is 17.3 Å². The molecule has 0 rings (SSSR count). The largest absolute Gasteiger partial charge is 0.463 e. The van der Waals surface area contributed by atoms with Crippen LogP contribution in [0.25, 0.3) is 0 Å². The molecule has 92 valence electrons. The van der Waals surface area contributed by atoms with Crippen molar-refractivity contribution in [2.45, 2.75) is 39.7 Å². The maximum absolute atomic E-state index is 11.4. The van der Waals surface area contributed by atoms with E-state index >= 15 is 0 Å². The number of carbonyl (C=O) groups excluding carboxylic acids is 2. The van der Waals surface area contributed by atoms with Gasteiger partial charge in [0.1, 0.15) is 0 Å². The van der Waals surface area contributed by atoms with E-state index in [2.05, 4.69) is 10.1 Å². The Balaban J connectivity index is 4.19. The van der Waals surface area contributed by atoms with Gasteiger partial charge in [0.15, 0.2) is 0 Å². The third kappa shape index (κ3) is 7.84. The topological polar surface area (TPSA) is 81.4 Å². The van der Waals surface area contributed by atoms with E-state index in [0.29, 0.717) is 0 Å². The van der Waals surface area contributed by atoms with Crippen LogP contribution in [0.4, 0.5) is 0 Å². The maximum atomic E-state index is 11.4. The second kappa shape index (κ2) is 6.15. The molecule has 0 aromatic carbocycles. The van der Waals surface area contributed by atoms with E-state index in [9.17, 15) is 9.59 Å². The number of hydrogen-bond donors (Lipinski definition) is 2. The zero-order valence-corrected chi connectivity index (χ0v) is 10.3. The zero-order valence-electron chi connectivity index (χ0n) is 10.3. The fourth-order valence-corrected chi connectivity index (χ4v) is 1.03. The van der Waals surface area contributed by atoms with Gasteiger partial charge in [-0.2, -0.15) is 0 Å². The Hall–Kier alpha value is -1.52. The van der Waals surface area contributed by atoms with E-state index in [-0.39, 0.29) is 30.2 Å². The van der Waals surface area contributed by atoms with Gasteiger partial charge in [-0.05, 0) is 27.7 Å². The van der Waals surface area contributed by atoms with Crippen LogP contribution in [-0.2, 0) is 14.3 Å². The quantitative estimate of drug-likeness (QED) is 0.548. The molecule has 0 aliphatic heterocycles. The molecule has 0 heterocycles. The summed E-state index contributed by atoms with van der Waals surface area (Å²) in [5, 5.41) is 2.74. The second-order valence-electron chi connectivity index (χ2n) is 4.45. The van der Waals surface area contributed by atoms with Crippen LogP contribution in [0.15, 0.2) is 11.8 Å². The first-order valence-electron chi connectivity index (χ1n) is 5.18. The minimum absolute atomic E-state index is 0.00388. The molecule has 0 fully saturated rings. The smallest absolute Gasteiger partial charge is 0.332 e. The van der Waals surface area contributed by atoms with Crippen molar-refractivity contribution in [3.05, 3.63) is 11.8 Å². The lowest BCUT2D eigenvalue weighted by molar-refractivity contribution is -0.137. The van der Waals surface area contributed by atoms with Crippen LogP contribution in [0.1, 0.15) is 34.1 Å². The van der Waals surface area contributed by atoms with Crippen LogP contribution in [0, 0.1) is 0 Å². The number of nitrogens with two attached hydrogens (primary N) is 1. The molecule has 0 aromatic rings. The molecular weight excluding hydrogens is 208 g/mol. The predicted molar refractivity (Wildman–Crippen MR) is 61.4 cm³/mol. The van der Waals surface area contributed by atoms with Gasteiger partial charge in [-0.1, -0.05) is 0 Å². The standard InChI is InChI=1S/C11H20N2O3/c1-5-16-10(15)7-8(12)6-9(14)13-11(2,3)4/h7H,5-6,12H2,1-4H3,(H,13,14)/b8-7-. The van der Waals surface area contributed by atoms with Gasteiger partial charge in [-0.15, -0.1) is 0 Å². The number of ether oxygens (including phenoxy) is 1. The van der Waals surface area contributed by atoms with E-state index in [1.165, 1.54) is 0 Å². The molecular formula is C11H20N2O3. The zero-order chi connectivity index (χ0) is 12.8. The molecule has 0 saturated heterocycles. The lowest BCUT2D eigenvalue weighted by Crippen LogP contribution is -2.41. The molecule has 0 bridgehead atoms. The molecule has 1 amide bonds. The molecule has 16 heavy (non-hydrogen) atoms. The van der Waals surface area contributed by atoms with Crippen LogP contribution >= 0.6 is 0 Å². The summed E-state index contributed by atoms with van der Waals surface area (Å²) in [5.41, 5.74) is 5.41. The van der Waals surface area contributed by atoms with E-state index in [1.54, 1.807) is 6.92 Å². The molecule has 0 radical (unpaired) electrons. The molecule has 0 aliphatic carbocycles. The highest BCUT2D eigenvalue weighted by Crippen LogP contribution is 2.01. The first-order valence-corrected chi connectivity index (χ1v) is 5.18. The Kier molecular flexibility index (Phi) is 5.56. The van der Waals surface area contributed by atoms with Crippen LogP contribution in [0.5, 0.6) is 0 Å². The molecule has 0 unspecified atom stereocenters. The number of rotatable bonds is 4. The van der Waals surface area contributed by atoms with Gasteiger partial charge in [0.2, 0.25) is 5.91 Å². The molecule has 0 aromatic heterocycles. The van der Waals surface area contributed by atoms with Crippen molar-refractivity contribution < 1.29 is 14.3 Å². The lowest BCUT2D eigenvalue weighted by Gasteiger charge is -2.20. The molecule has 0 spiro atoms. The SMILES string of the molecule is CCOC(=O)/C=C(\N)CC(=O)NC(C)(C)C. The van der Waals surface area contributed by atoms with E-state index < -0.39 is 5.97 Å². The summed E-state index contributed by atoms with van der Waals surface area (Å²) >= 11 is 0. The lowest BCUT2D eigenvalue weighted by atomic mass is 10.1. The Morgan fingerprint density at radius 1 is 1.38 bits per heavy atom. The minimum atomic E-state index is -0.524. The second-order valence-corrected chi connectivity index (χ2v) is 4.45. The van der Waals surface area contributed by atoms with Crippen molar-refractivity contribution in [1.29, 1.82) is 0 Å². The van der Waals surface area contributed by atoms with Crippen LogP contribution in [-0.4, -0.2) is 24.0 Å². The van der Waals surface area contributed by atoms with Gasteiger partial charge in [-0.3, -0.25) is 4.79 Å². The predicted octanol–water partition coefficient (Wildman–Crippen LogP) is 0.697. The maximum Gasteiger partial charge on any atom is 0.332 e. The van der Waals surface area contributed by atoms with E-state index in [0.717, 1.165) is 6.08 Å². The molecule has 5 heteroatoms. The van der Waals surface area contributed by atoms with Crippen molar-refractivity contribution in [1.82, 2.24) is 5.32 Å². The summed E-state index contributed by atoms with van der Waals surface area (Å²) in [6, 6.07) is 0. The van der Waals surface area contributed by atoms with E-state index in [4.69, 9.17) is 5.73 Å². The Morgan fingerprint density at radius 3 is 2.38 bits per heavy atom. The summed E-state index contributed by atoms with van der Waals surface area (Å²) < 4.78 is 4.67. The number of esters is 1. The fourth-order valence-electron chi connectivity index (χ4n) is 1.03. The summed E-state index contributed by atoms with van der Waals surface area (Å²) in [7, 11) is 0. The first-order chi connectivity index (χ1) is 7.24. The Morgan fingerprint density at radius 2 is 1.94 bits per heavy atom. The Bertz CT molecular complexity index is 290. The van der Waals surface area contributed by atoms with Gasteiger partial charge in [0.25, 0.3) is 0 Å².